The molecule has 0 aliphatic carbocycles. The maximum atomic E-state index is 12.8. The average molecular weight is 353 g/mol. The minimum Gasteiger partial charge on any atom is -0.378 e. The SMILES string of the molecule is CCC1CN(Cc2ccccc2N2CCOCC2)CCN1CC(F)F. The Labute approximate surface area is 149 Å². The first-order valence-corrected chi connectivity index (χ1v) is 9.32. The number of nitrogens with zero attached hydrogens (tertiary/aromatic N) is 3. The number of anilines is 1. The van der Waals surface area contributed by atoms with E-state index >= 15 is 0 Å². The van der Waals surface area contributed by atoms with E-state index < -0.39 is 6.43 Å². The molecule has 4 nitrogen and oxygen atoms in total. The lowest BCUT2D eigenvalue weighted by Gasteiger charge is -2.41. The Balaban J connectivity index is 1.65. The first-order chi connectivity index (χ1) is 12.2. The van der Waals surface area contributed by atoms with Crippen molar-refractivity contribution >= 4 is 5.69 Å². The third kappa shape index (κ3) is 4.90. The number of hydrogen-bond donors (Lipinski definition) is 0. The Kier molecular flexibility index (Phi) is 6.62. The maximum Gasteiger partial charge on any atom is 0.251 e. The van der Waals surface area contributed by atoms with Gasteiger partial charge in [-0.2, -0.15) is 0 Å². The molecule has 0 amide bonds. The van der Waals surface area contributed by atoms with Crippen LogP contribution in [0.5, 0.6) is 0 Å². The zero-order valence-corrected chi connectivity index (χ0v) is 15.0. The van der Waals surface area contributed by atoms with Gasteiger partial charge in [0.05, 0.1) is 19.8 Å². The Morgan fingerprint density at radius 2 is 1.88 bits per heavy atom. The van der Waals surface area contributed by atoms with Crippen LogP contribution in [-0.2, 0) is 11.3 Å². The van der Waals surface area contributed by atoms with E-state index in [0.29, 0.717) is 0 Å². The number of alkyl halides is 2. The molecule has 2 fully saturated rings. The lowest BCUT2D eigenvalue weighted by atomic mass is 10.1. The minimum atomic E-state index is -2.25. The second-order valence-electron chi connectivity index (χ2n) is 6.91. The highest BCUT2D eigenvalue weighted by molar-refractivity contribution is 5.53. The van der Waals surface area contributed by atoms with Crippen LogP contribution in [0, 0.1) is 0 Å². The molecule has 2 saturated heterocycles. The molecule has 2 aliphatic rings. The largest absolute Gasteiger partial charge is 0.378 e. The summed E-state index contributed by atoms with van der Waals surface area (Å²) >= 11 is 0. The van der Waals surface area contributed by atoms with Crippen molar-refractivity contribution in [1.82, 2.24) is 9.80 Å². The van der Waals surface area contributed by atoms with Crippen molar-refractivity contribution in [1.29, 1.82) is 0 Å². The fraction of sp³-hybridized carbons (Fsp3) is 0.684. The van der Waals surface area contributed by atoms with Crippen LogP contribution >= 0.6 is 0 Å². The van der Waals surface area contributed by atoms with Crippen LogP contribution in [0.3, 0.4) is 0 Å². The molecule has 0 radical (unpaired) electrons. The molecule has 0 saturated carbocycles. The molecule has 1 aromatic carbocycles. The van der Waals surface area contributed by atoms with Gasteiger partial charge in [-0.1, -0.05) is 25.1 Å². The molecule has 6 heteroatoms. The molecule has 1 atom stereocenters. The molecule has 3 rings (SSSR count). The number of morpholine rings is 1. The summed E-state index contributed by atoms with van der Waals surface area (Å²) in [6.07, 6.45) is -1.34. The van der Waals surface area contributed by atoms with Crippen LogP contribution in [0.15, 0.2) is 24.3 Å². The highest BCUT2D eigenvalue weighted by atomic mass is 19.3. The van der Waals surface area contributed by atoms with Crippen molar-refractivity contribution in [2.45, 2.75) is 32.4 Å². The van der Waals surface area contributed by atoms with Crippen LogP contribution in [0.25, 0.3) is 0 Å². The summed E-state index contributed by atoms with van der Waals surface area (Å²) in [5.74, 6) is 0. The molecule has 0 N–H and O–H groups in total. The minimum absolute atomic E-state index is 0.100. The Morgan fingerprint density at radius 1 is 1.12 bits per heavy atom. The van der Waals surface area contributed by atoms with E-state index in [0.717, 1.165) is 58.9 Å². The predicted molar refractivity (Wildman–Crippen MR) is 96.4 cm³/mol. The molecule has 0 spiro atoms. The van der Waals surface area contributed by atoms with Gasteiger partial charge in [-0.15, -0.1) is 0 Å². The molecule has 1 aromatic rings. The molecule has 2 aliphatic heterocycles. The van der Waals surface area contributed by atoms with E-state index in [2.05, 4.69) is 41.0 Å². The zero-order valence-electron chi connectivity index (χ0n) is 15.0. The summed E-state index contributed by atoms with van der Waals surface area (Å²) in [6.45, 7) is 8.71. The van der Waals surface area contributed by atoms with Crippen molar-refractivity contribution in [2.24, 2.45) is 0 Å². The smallest absolute Gasteiger partial charge is 0.251 e. The van der Waals surface area contributed by atoms with E-state index in [1.54, 1.807) is 0 Å². The van der Waals surface area contributed by atoms with Gasteiger partial charge in [0.15, 0.2) is 0 Å². The van der Waals surface area contributed by atoms with Crippen molar-refractivity contribution in [3.8, 4) is 0 Å². The van der Waals surface area contributed by atoms with Crippen molar-refractivity contribution in [3.63, 3.8) is 0 Å². The molecule has 0 bridgehead atoms. The number of piperazine rings is 1. The first-order valence-electron chi connectivity index (χ1n) is 9.32. The monoisotopic (exact) mass is 353 g/mol. The second-order valence-corrected chi connectivity index (χ2v) is 6.91. The summed E-state index contributed by atoms with van der Waals surface area (Å²) in [5.41, 5.74) is 2.61. The van der Waals surface area contributed by atoms with Gasteiger partial charge < -0.3 is 9.64 Å². The van der Waals surface area contributed by atoms with E-state index in [9.17, 15) is 8.78 Å². The molecule has 2 heterocycles. The normalized spacial score (nSPS) is 23.4. The fourth-order valence-corrected chi connectivity index (χ4v) is 3.90. The number of halogens is 2. The number of hydrogen-bond acceptors (Lipinski definition) is 4. The van der Waals surface area contributed by atoms with Crippen LogP contribution in [0.2, 0.25) is 0 Å². The van der Waals surface area contributed by atoms with E-state index in [-0.39, 0.29) is 12.6 Å². The van der Waals surface area contributed by atoms with E-state index in [1.807, 2.05) is 4.90 Å². The van der Waals surface area contributed by atoms with Gasteiger partial charge in [-0.3, -0.25) is 9.80 Å². The number of ether oxygens (including phenoxy) is 1. The molecule has 1 unspecified atom stereocenters. The summed E-state index contributed by atoms with van der Waals surface area (Å²) in [4.78, 5) is 6.76. The summed E-state index contributed by atoms with van der Waals surface area (Å²) in [7, 11) is 0. The third-order valence-corrected chi connectivity index (χ3v) is 5.27. The highest BCUT2D eigenvalue weighted by Gasteiger charge is 2.28. The number of para-hydroxylation sites is 1. The Morgan fingerprint density at radius 3 is 2.60 bits per heavy atom. The van der Waals surface area contributed by atoms with Crippen molar-refractivity contribution < 1.29 is 13.5 Å². The quantitative estimate of drug-likeness (QED) is 0.783. The maximum absolute atomic E-state index is 12.8. The Hall–Kier alpha value is -1.24. The van der Waals surface area contributed by atoms with Crippen LogP contribution < -0.4 is 4.90 Å². The van der Waals surface area contributed by atoms with Gasteiger partial charge >= 0.3 is 0 Å². The van der Waals surface area contributed by atoms with Gasteiger partial charge in [-0.05, 0) is 18.1 Å². The van der Waals surface area contributed by atoms with Gasteiger partial charge in [0, 0.05) is 51.0 Å². The van der Waals surface area contributed by atoms with Crippen LogP contribution in [0.4, 0.5) is 14.5 Å². The van der Waals surface area contributed by atoms with Crippen molar-refractivity contribution in [2.75, 3.05) is 57.4 Å². The lowest BCUT2D eigenvalue weighted by Crippen LogP contribution is -2.53. The summed E-state index contributed by atoms with van der Waals surface area (Å²) in [5, 5.41) is 0. The second kappa shape index (κ2) is 8.92. The zero-order chi connectivity index (χ0) is 17.6. The Bertz CT molecular complexity index is 537. The summed E-state index contributed by atoms with van der Waals surface area (Å²) < 4.78 is 31.0. The molecular weight excluding hydrogens is 324 g/mol. The van der Waals surface area contributed by atoms with Crippen LogP contribution in [0.1, 0.15) is 18.9 Å². The van der Waals surface area contributed by atoms with E-state index in [4.69, 9.17) is 4.74 Å². The van der Waals surface area contributed by atoms with E-state index in [1.165, 1.54) is 11.3 Å². The highest BCUT2D eigenvalue weighted by Crippen LogP contribution is 2.24. The van der Waals surface area contributed by atoms with Gasteiger partial charge in [0.2, 0.25) is 0 Å². The average Bonchev–Trinajstić information content (AvgIpc) is 2.64. The molecule has 0 aromatic heterocycles. The third-order valence-electron chi connectivity index (χ3n) is 5.27. The molecule has 25 heavy (non-hydrogen) atoms. The summed E-state index contributed by atoms with van der Waals surface area (Å²) in [6, 6.07) is 8.77. The lowest BCUT2D eigenvalue weighted by molar-refractivity contribution is 0.0170. The molecular formula is C19H29F2N3O. The first kappa shape index (κ1) is 18.5. The number of rotatable bonds is 6. The van der Waals surface area contributed by atoms with Crippen molar-refractivity contribution in [3.05, 3.63) is 29.8 Å². The van der Waals surface area contributed by atoms with Gasteiger partial charge in [0.1, 0.15) is 0 Å². The topological polar surface area (TPSA) is 19.0 Å². The number of benzene rings is 1. The van der Waals surface area contributed by atoms with Crippen LogP contribution in [-0.4, -0.2) is 74.7 Å². The van der Waals surface area contributed by atoms with Gasteiger partial charge in [0.25, 0.3) is 6.43 Å². The van der Waals surface area contributed by atoms with Gasteiger partial charge in [-0.25, -0.2) is 8.78 Å². The molecule has 140 valence electrons. The standard InChI is InChI=1S/C19H29F2N3O/c1-2-17-14-22(7-8-24(17)15-19(20)21)13-16-5-3-4-6-18(16)23-9-11-25-12-10-23/h3-6,17,19H,2,7-15H2,1H3. The fourth-order valence-electron chi connectivity index (χ4n) is 3.90. The predicted octanol–water partition coefficient (Wildman–Crippen LogP) is 2.68.